The minimum Gasteiger partial charge on any atom is -0.544 e. The summed E-state index contributed by atoms with van der Waals surface area (Å²) in [6, 6.07) is 0. The molecule has 7 heteroatoms. The van der Waals surface area contributed by atoms with Gasteiger partial charge in [0.1, 0.15) is 12.6 Å². The summed E-state index contributed by atoms with van der Waals surface area (Å²) in [4.78, 5) is 9.46. The Labute approximate surface area is 103 Å². The predicted molar refractivity (Wildman–Crippen MR) is 21.9 cm³/mol. The van der Waals surface area contributed by atoms with Crippen LogP contribution in [0.5, 0.6) is 0 Å². The summed E-state index contributed by atoms with van der Waals surface area (Å²) in [6.45, 7) is -1.24. The second-order valence-corrected chi connectivity index (χ2v) is 1.36. The average Bonchev–Trinajstić information content (AvgIpc) is 1.82. The monoisotopic (exact) mass is 196 g/mol. The Kier molecular flexibility index (Phi) is 9.81. The Morgan fingerprint density at radius 3 is 2.18 bits per heavy atom. The molecule has 0 aromatic carbocycles. The third kappa shape index (κ3) is 8.77. The molecular formula is C4H4F3KO3. The smallest absolute Gasteiger partial charge is 0.544 e. The van der Waals surface area contributed by atoms with Crippen LogP contribution in [0.3, 0.4) is 0 Å². The average molecular weight is 196 g/mol. The molecular weight excluding hydrogens is 192 g/mol. The van der Waals surface area contributed by atoms with Crippen LogP contribution in [0.15, 0.2) is 0 Å². The minimum absolute atomic E-state index is 0. The first-order chi connectivity index (χ1) is 4.54. The van der Waals surface area contributed by atoms with Gasteiger partial charge in [-0.2, -0.15) is 0 Å². The van der Waals surface area contributed by atoms with E-state index in [4.69, 9.17) is 0 Å². The van der Waals surface area contributed by atoms with Gasteiger partial charge in [-0.3, -0.25) is 0 Å². The van der Waals surface area contributed by atoms with Crippen LogP contribution < -0.4 is 56.5 Å². The van der Waals surface area contributed by atoms with Crippen LogP contribution in [-0.2, 0) is 9.53 Å². The van der Waals surface area contributed by atoms with E-state index in [2.05, 4.69) is 4.74 Å². The fourth-order valence-corrected chi connectivity index (χ4v) is 0.225. The molecule has 0 aromatic rings. The molecule has 0 saturated carbocycles. The number of carboxylic acids is 1. The molecule has 0 aliphatic carbocycles. The summed E-state index contributed by atoms with van der Waals surface area (Å²) in [5.74, 6) is -2.15. The molecule has 0 amide bonds. The van der Waals surface area contributed by atoms with Gasteiger partial charge in [0.15, 0.2) is 0 Å². The van der Waals surface area contributed by atoms with Gasteiger partial charge in [0, 0.05) is 0 Å². The molecule has 0 radical (unpaired) electrons. The fraction of sp³-hybridized carbons (Fsp3) is 0.750. The Bertz CT molecular complexity index is 121. The molecule has 0 heterocycles. The fourth-order valence-electron chi connectivity index (χ4n) is 0.225. The largest absolute Gasteiger partial charge is 1.00 e. The van der Waals surface area contributed by atoms with Gasteiger partial charge in [-0.25, -0.2) is 13.2 Å². The molecule has 1 atom stereocenters. The zero-order valence-electron chi connectivity index (χ0n) is 5.72. The van der Waals surface area contributed by atoms with Crippen molar-refractivity contribution in [3.63, 3.8) is 0 Å². The van der Waals surface area contributed by atoms with Crippen molar-refractivity contribution < 1.29 is 79.2 Å². The molecule has 0 aliphatic heterocycles. The van der Waals surface area contributed by atoms with Crippen molar-refractivity contribution in [3.05, 3.63) is 0 Å². The van der Waals surface area contributed by atoms with Gasteiger partial charge in [0.2, 0.25) is 6.36 Å². The third-order valence-corrected chi connectivity index (χ3v) is 0.554. The zero-order chi connectivity index (χ0) is 8.15. The molecule has 0 bridgehead atoms. The Hall–Kier alpha value is 0.856. The van der Waals surface area contributed by atoms with Crippen LogP contribution in [0.4, 0.5) is 13.2 Å². The number of carboxylic acid groups (broad SMARTS) is 1. The van der Waals surface area contributed by atoms with Gasteiger partial charge in [-0.05, 0) is 0 Å². The van der Waals surface area contributed by atoms with E-state index in [9.17, 15) is 23.1 Å². The standard InChI is InChI=1S/C4H5F3O3.K/c5-2(6)1-10-3(7)4(8)9;/h2-3H,1H2,(H,8,9);/q;+1/p-1. The summed E-state index contributed by atoms with van der Waals surface area (Å²) in [5, 5.41) is 9.46. The van der Waals surface area contributed by atoms with Crippen LogP contribution in [0.25, 0.3) is 0 Å². The van der Waals surface area contributed by atoms with Gasteiger partial charge in [0.25, 0.3) is 6.43 Å². The number of hydrogen-bond acceptors (Lipinski definition) is 3. The molecule has 0 fully saturated rings. The van der Waals surface area contributed by atoms with E-state index in [1.54, 1.807) is 0 Å². The van der Waals surface area contributed by atoms with Gasteiger partial charge in [0.05, 0.1) is 0 Å². The number of aliphatic carboxylic acids is 1. The summed E-state index contributed by atoms with van der Waals surface area (Å²) in [5.41, 5.74) is 0. The number of alkyl halides is 3. The van der Waals surface area contributed by atoms with Crippen LogP contribution in [0.1, 0.15) is 0 Å². The van der Waals surface area contributed by atoms with E-state index in [-0.39, 0.29) is 51.4 Å². The van der Waals surface area contributed by atoms with Gasteiger partial charge in [-0.15, -0.1) is 0 Å². The van der Waals surface area contributed by atoms with E-state index >= 15 is 0 Å². The molecule has 0 aliphatic rings. The molecule has 0 aromatic heterocycles. The summed E-state index contributed by atoms with van der Waals surface area (Å²) in [7, 11) is 0. The first-order valence-corrected chi connectivity index (χ1v) is 2.28. The third-order valence-electron chi connectivity index (χ3n) is 0.554. The van der Waals surface area contributed by atoms with Crippen molar-refractivity contribution in [2.45, 2.75) is 12.8 Å². The second kappa shape index (κ2) is 7.50. The molecule has 0 rings (SSSR count). The first kappa shape index (κ1) is 14.4. The minimum atomic E-state index is -2.88. The maximum Gasteiger partial charge on any atom is 1.00 e. The maximum absolute atomic E-state index is 11.7. The zero-order valence-corrected chi connectivity index (χ0v) is 8.84. The van der Waals surface area contributed by atoms with Crippen molar-refractivity contribution in [2.24, 2.45) is 0 Å². The van der Waals surface area contributed by atoms with Crippen LogP contribution in [0.2, 0.25) is 0 Å². The van der Waals surface area contributed by atoms with E-state index in [1.807, 2.05) is 0 Å². The molecule has 60 valence electrons. The summed E-state index contributed by atoms with van der Waals surface area (Å²) < 4.78 is 37.5. The quantitative estimate of drug-likeness (QED) is 0.435. The Balaban J connectivity index is 0. The van der Waals surface area contributed by atoms with Crippen molar-refractivity contribution in [1.82, 2.24) is 0 Å². The Morgan fingerprint density at radius 1 is 1.45 bits per heavy atom. The molecule has 0 spiro atoms. The number of carbonyl (C=O) groups is 1. The van der Waals surface area contributed by atoms with E-state index in [0.29, 0.717) is 0 Å². The molecule has 0 saturated heterocycles. The topological polar surface area (TPSA) is 49.4 Å². The van der Waals surface area contributed by atoms with Crippen molar-refractivity contribution in [1.29, 1.82) is 0 Å². The molecule has 11 heavy (non-hydrogen) atoms. The van der Waals surface area contributed by atoms with E-state index < -0.39 is 25.4 Å². The second-order valence-electron chi connectivity index (χ2n) is 1.36. The number of rotatable bonds is 4. The van der Waals surface area contributed by atoms with Crippen molar-refractivity contribution >= 4 is 5.97 Å². The van der Waals surface area contributed by atoms with E-state index in [0.717, 1.165) is 0 Å². The Morgan fingerprint density at radius 2 is 1.91 bits per heavy atom. The molecule has 3 nitrogen and oxygen atoms in total. The summed E-state index contributed by atoms with van der Waals surface area (Å²) in [6.07, 6.45) is -5.65. The first-order valence-electron chi connectivity index (χ1n) is 2.28. The van der Waals surface area contributed by atoms with Crippen molar-refractivity contribution in [2.75, 3.05) is 6.61 Å². The van der Waals surface area contributed by atoms with Crippen molar-refractivity contribution in [3.8, 4) is 0 Å². The van der Waals surface area contributed by atoms with E-state index in [1.165, 1.54) is 0 Å². The number of halogens is 3. The number of hydrogen-bond donors (Lipinski definition) is 0. The van der Waals surface area contributed by atoms with Crippen LogP contribution >= 0.6 is 0 Å². The van der Waals surface area contributed by atoms with Crippen LogP contribution in [0, 0.1) is 0 Å². The van der Waals surface area contributed by atoms with Crippen LogP contribution in [-0.4, -0.2) is 25.4 Å². The number of ether oxygens (including phenoxy) is 1. The predicted octanol–water partition coefficient (Wildman–Crippen LogP) is -3.68. The molecule has 1 unspecified atom stereocenters. The van der Waals surface area contributed by atoms with Gasteiger partial charge in [-0.1, -0.05) is 0 Å². The normalized spacial score (nSPS) is 12.4. The maximum atomic E-state index is 11.7. The summed E-state index contributed by atoms with van der Waals surface area (Å²) >= 11 is 0. The van der Waals surface area contributed by atoms with Gasteiger partial charge >= 0.3 is 51.4 Å². The SMILES string of the molecule is O=C([O-])C(F)OCC(F)F.[K+]. The van der Waals surface area contributed by atoms with Gasteiger partial charge < -0.3 is 14.6 Å². The molecule has 0 N–H and O–H groups in total. The number of carbonyl (C=O) groups excluding carboxylic acids is 1.